The van der Waals surface area contributed by atoms with Gasteiger partial charge in [0.2, 0.25) is 0 Å². The van der Waals surface area contributed by atoms with Crippen molar-refractivity contribution >= 4 is 0 Å². The van der Waals surface area contributed by atoms with E-state index in [1.165, 1.54) is 26.1 Å². The van der Waals surface area contributed by atoms with Gasteiger partial charge < -0.3 is 4.90 Å². The van der Waals surface area contributed by atoms with Crippen LogP contribution >= 0.6 is 0 Å². The Kier molecular flexibility index (Phi) is 2.10. The van der Waals surface area contributed by atoms with Crippen LogP contribution in [-0.2, 0) is 0 Å². The standard InChI is InChI=1S/C7H13N/c1-2-3-5-8-6-4-7-8/h2H,1,3-7H2. The van der Waals surface area contributed by atoms with Crippen LogP contribution in [0.4, 0.5) is 0 Å². The minimum absolute atomic E-state index is 1.15. The number of rotatable bonds is 3. The van der Waals surface area contributed by atoms with Crippen molar-refractivity contribution in [1.82, 2.24) is 4.90 Å². The molecular weight excluding hydrogens is 98.1 g/mol. The van der Waals surface area contributed by atoms with Gasteiger partial charge in [-0.2, -0.15) is 0 Å². The highest BCUT2D eigenvalue weighted by Crippen LogP contribution is 2.05. The normalized spacial score (nSPS) is 20.0. The first-order valence-corrected chi connectivity index (χ1v) is 3.27. The topological polar surface area (TPSA) is 3.24 Å². The lowest BCUT2D eigenvalue weighted by molar-refractivity contribution is 0.185. The summed E-state index contributed by atoms with van der Waals surface area (Å²) in [5.41, 5.74) is 0. The maximum Gasteiger partial charge on any atom is 0.00158 e. The number of nitrogens with zero attached hydrogens (tertiary/aromatic N) is 1. The van der Waals surface area contributed by atoms with Gasteiger partial charge in [0.25, 0.3) is 0 Å². The minimum atomic E-state index is 1.15. The average molecular weight is 111 g/mol. The Morgan fingerprint density at radius 3 is 2.62 bits per heavy atom. The second-order valence-corrected chi connectivity index (χ2v) is 2.27. The molecule has 1 rings (SSSR count). The molecular formula is C7H13N. The molecule has 0 spiro atoms. The molecule has 0 aromatic rings. The molecule has 1 aliphatic heterocycles. The molecule has 1 nitrogen and oxygen atoms in total. The fourth-order valence-corrected chi connectivity index (χ4v) is 0.879. The molecule has 0 saturated carbocycles. The second kappa shape index (κ2) is 2.88. The third kappa shape index (κ3) is 1.34. The minimum Gasteiger partial charge on any atom is -0.303 e. The predicted molar refractivity (Wildman–Crippen MR) is 35.9 cm³/mol. The van der Waals surface area contributed by atoms with Gasteiger partial charge >= 0.3 is 0 Å². The highest BCUT2D eigenvalue weighted by Gasteiger charge is 2.10. The Labute approximate surface area is 51.0 Å². The van der Waals surface area contributed by atoms with Gasteiger partial charge in [-0.25, -0.2) is 0 Å². The Balaban J connectivity index is 1.93. The van der Waals surface area contributed by atoms with E-state index in [4.69, 9.17) is 0 Å². The van der Waals surface area contributed by atoms with Crippen LogP contribution in [-0.4, -0.2) is 24.5 Å². The summed E-state index contributed by atoms with van der Waals surface area (Å²) >= 11 is 0. The molecule has 1 heteroatoms. The zero-order valence-electron chi connectivity index (χ0n) is 5.27. The molecule has 0 unspecified atom stereocenters. The van der Waals surface area contributed by atoms with E-state index in [2.05, 4.69) is 11.5 Å². The SMILES string of the molecule is C=CCCN1CCC1. The summed E-state index contributed by atoms with van der Waals surface area (Å²) in [6.07, 6.45) is 4.54. The van der Waals surface area contributed by atoms with E-state index in [1.54, 1.807) is 0 Å². The Morgan fingerprint density at radius 1 is 1.50 bits per heavy atom. The van der Waals surface area contributed by atoms with Gasteiger partial charge in [-0.15, -0.1) is 6.58 Å². The molecule has 1 heterocycles. The van der Waals surface area contributed by atoms with E-state index in [0.717, 1.165) is 6.42 Å². The molecule has 0 aromatic carbocycles. The van der Waals surface area contributed by atoms with Crippen LogP contribution in [0.15, 0.2) is 12.7 Å². The van der Waals surface area contributed by atoms with Gasteiger partial charge in [-0.05, 0) is 25.9 Å². The first-order valence-electron chi connectivity index (χ1n) is 3.27. The summed E-state index contributed by atoms with van der Waals surface area (Å²) < 4.78 is 0. The number of likely N-dealkylation sites (tertiary alicyclic amines) is 1. The van der Waals surface area contributed by atoms with Crippen molar-refractivity contribution in [3.05, 3.63) is 12.7 Å². The van der Waals surface area contributed by atoms with Crippen molar-refractivity contribution in [2.75, 3.05) is 19.6 Å². The molecule has 1 saturated heterocycles. The van der Waals surface area contributed by atoms with Gasteiger partial charge in [0.1, 0.15) is 0 Å². The van der Waals surface area contributed by atoms with E-state index in [0.29, 0.717) is 0 Å². The van der Waals surface area contributed by atoms with Gasteiger partial charge in [0.15, 0.2) is 0 Å². The first kappa shape index (κ1) is 5.83. The monoisotopic (exact) mass is 111 g/mol. The largest absolute Gasteiger partial charge is 0.303 e. The summed E-state index contributed by atoms with van der Waals surface area (Å²) in [5.74, 6) is 0. The van der Waals surface area contributed by atoms with Crippen LogP contribution in [0.1, 0.15) is 12.8 Å². The van der Waals surface area contributed by atoms with E-state index in [9.17, 15) is 0 Å². The summed E-state index contributed by atoms with van der Waals surface area (Å²) in [6.45, 7) is 7.52. The van der Waals surface area contributed by atoms with E-state index >= 15 is 0 Å². The van der Waals surface area contributed by atoms with Gasteiger partial charge in [-0.1, -0.05) is 6.08 Å². The predicted octanol–water partition coefficient (Wildman–Crippen LogP) is 1.27. The molecule has 0 aromatic heterocycles. The Hall–Kier alpha value is -0.300. The fourth-order valence-electron chi connectivity index (χ4n) is 0.879. The van der Waals surface area contributed by atoms with Crippen LogP contribution in [0.3, 0.4) is 0 Å². The van der Waals surface area contributed by atoms with Crippen molar-refractivity contribution in [1.29, 1.82) is 0 Å². The molecule has 46 valence electrons. The van der Waals surface area contributed by atoms with Crippen molar-refractivity contribution in [3.8, 4) is 0 Å². The lowest BCUT2D eigenvalue weighted by atomic mass is 10.2. The Morgan fingerprint density at radius 2 is 2.25 bits per heavy atom. The zero-order valence-corrected chi connectivity index (χ0v) is 5.27. The molecule has 0 atom stereocenters. The fraction of sp³-hybridized carbons (Fsp3) is 0.714. The molecule has 8 heavy (non-hydrogen) atoms. The molecule has 0 aliphatic carbocycles. The van der Waals surface area contributed by atoms with Gasteiger partial charge in [-0.3, -0.25) is 0 Å². The quantitative estimate of drug-likeness (QED) is 0.496. The molecule has 1 aliphatic rings. The zero-order chi connectivity index (χ0) is 5.82. The van der Waals surface area contributed by atoms with Crippen LogP contribution in [0.25, 0.3) is 0 Å². The van der Waals surface area contributed by atoms with Gasteiger partial charge in [0.05, 0.1) is 0 Å². The van der Waals surface area contributed by atoms with Crippen molar-refractivity contribution < 1.29 is 0 Å². The molecule has 0 radical (unpaired) electrons. The second-order valence-electron chi connectivity index (χ2n) is 2.27. The van der Waals surface area contributed by atoms with E-state index in [-0.39, 0.29) is 0 Å². The maximum absolute atomic E-state index is 3.66. The summed E-state index contributed by atoms with van der Waals surface area (Å²) in [5, 5.41) is 0. The maximum atomic E-state index is 3.66. The van der Waals surface area contributed by atoms with Crippen molar-refractivity contribution in [3.63, 3.8) is 0 Å². The first-order chi connectivity index (χ1) is 3.93. The molecule has 0 N–H and O–H groups in total. The lowest BCUT2D eigenvalue weighted by Crippen LogP contribution is -2.37. The van der Waals surface area contributed by atoms with Crippen LogP contribution < -0.4 is 0 Å². The molecule has 0 amide bonds. The third-order valence-corrected chi connectivity index (χ3v) is 1.60. The highest BCUT2D eigenvalue weighted by molar-refractivity contribution is 4.73. The molecule has 1 fully saturated rings. The van der Waals surface area contributed by atoms with E-state index in [1.807, 2.05) is 6.08 Å². The molecule has 0 bridgehead atoms. The highest BCUT2D eigenvalue weighted by atomic mass is 15.2. The van der Waals surface area contributed by atoms with Crippen LogP contribution in [0.2, 0.25) is 0 Å². The van der Waals surface area contributed by atoms with Crippen molar-refractivity contribution in [2.24, 2.45) is 0 Å². The van der Waals surface area contributed by atoms with E-state index < -0.39 is 0 Å². The smallest absolute Gasteiger partial charge is 0.00158 e. The van der Waals surface area contributed by atoms with Crippen LogP contribution in [0.5, 0.6) is 0 Å². The number of hydrogen-bond donors (Lipinski definition) is 0. The Bertz CT molecular complexity index is 74.5. The third-order valence-electron chi connectivity index (χ3n) is 1.60. The van der Waals surface area contributed by atoms with Crippen LogP contribution in [0, 0.1) is 0 Å². The summed E-state index contributed by atoms with van der Waals surface area (Å²) in [4.78, 5) is 2.45. The number of hydrogen-bond acceptors (Lipinski definition) is 1. The summed E-state index contributed by atoms with van der Waals surface area (Å²) in [6, 6.07) is 0. The average Bonchev–Trinajstić information content (AvgIpc) is 1.63. The summed E-state index contributed by atoms with van der Waals surface area (Å²) in [7, 11) is 0. The lowest BCUT2D eigenvalue weighted by Gasteiger charge is -2.29. The van der Waals surface area contributed by atoms with Gasteiger partial charge in [0, 0.05) is 6.54 Å². The van der Waals surface area contributed by atoms with Crippen molar-refractivity contribution in [2.45, 2.75) is 12.8 Å².